The number of unbranched alkanes of at least 4 members (excludes halogenated alkanes) is 14. The molecule has 0 aromatic heterocycles. The molecule has 2 atom stereocenters. The van der Waals surface area contributed by atoms with Crippen LogP contribution in [0.1, 0.15) is 169 Å². The van der Waals surface area contributed by atoms with Crippen LogP contribution in [-0.2, 0) is 20.2 Å². The van der Waals surface area contributed by atoms with Crippen molar-refractivity contribution in [3.05, 3.63) is 0 Å². The second-order valence-electron chi connectivity index (χ2n) is 10.3. The first-order valence-corrected chi connectivity index (χ1v) is 17.9. The van der Waals surface area contributed by atoms with E-state index >= 15 is 0 Å². The minimum absolute atomic E-state index is 0. The third-order valence-electron chi connectivity index (χ3n) is 6.84. The Morgan fingerprint density at radius 2 is 0.595 bits per heavy atom. The van der Waals surface area contributed by atoms with Crippen LogP contribution in [0.5, 0.6) is 0 Å². The van der Waals surface area contributed by atoms with Gasteiger partial charge in [0.2, 0.25) is 0 Å². The Morgan fingerprint density at radius 3 is 0.784 bits per heavy atom. The topological polar surface area (TPSA) is 114 Å². The molecule has 0 amide bonds. The van der Waals surface area contributed by atoms with E-state index in [1.165, 1.54) is 25.7 Å². The summed E-state index contributed by atoms with van der Waals surface area (Å²) < 4.78 is 67.0. The average molecular weight is 692 g/mol. The van der Waals surface area contributed by atoms with Gasteiger partial charge in [-0.2, -0.15) is 0 Å². The molecule has 37 heavy (non-hydrogen) atoms. The molecule has 0 aliphatic carbocycles. The van der Waals surface area contributed by atoms with E-state index < -0.39 is 30.7 Å². The fourth-order valence-corrected chi connectivity index (χ4v) is 6.24. The van der Waals surface area contributed by atoms with Crippen molar-refractivity contribution in [3.8, 4) is 0 Å². The Hall–Kier alpha value is 1.39. The van der Waals surface area contributed by atoms with Gasteiger partial charge in [0.05, 0.1) is 20.2 Å². The zero-order valence-corrected chi connectivity index (χ0v) is 30.8. The molecular formula is C28H58BaO6S2. The van der Waals surface area contributed by atoms with Crippen LogP contribution < -0.4 is 0 Å². The second kappa shape index (κ2) is 28.9. The summed E-state index contributed by atoms with van der Waals surface area (Å²) in [5.41, 5.74) is 0. The van der Waals surface area contributed by atoms with Crippen LogP contribution in [0.4, 0.5) is 0 Å². The van der Waals surface area contributed by atoms with Gasteiger partial charge >= 0.3 is 48.9 Å². The smallest absolute Gasteiger partial charge is 0.748 e. The summed E-state index contributed by atoms with van der Waals surface area (Å²) in [4.78, 5) is 0. The van der Waals surface area contributed by atoms with Gasteiger partial charge in [0.15, 0.2) is 0 Å². The molecule has 0 rings (SSSR count). The Bertz CT molecular complexity index is 610. The molecule has 6 nitrogen and oxygen atoms in total. The van der Waals surface area contributed by atoms with Gasteiger partial charge in [0, 0.05) is 10.5 Å². The van der Waals surface area contributed by atoms with Crippen molar-refractivity contribution in [2.24, 2.45) is 0 Å². The van der Waals surface area contributed by atoms with E-state index in [-0.39, 0.29) is 48.9 Å². The van der Waals surface area contributed by atoms with E-state index in [2.05, 4.69) is 27.7 Å². The monoisotopic (exact) mass is 692 g/mol. The normalized spacial score (nSPS) is 13.4. The van der Waals surface area contributed by atoms with E-state index in [1.54, 1.807) is 0 Å². The fraction of sp³-hybridized carbons (Fsp3) is 1.00. The molecular weight excluding hydrogens is 634 g/mol. The van der Waals surface area contributed by atoms with Gasteiger partial charge in [0.25, 0.3) is 0 Å². The minimum atomic E-state index is -4.09. The molecule has 0 N–H and O–H groups in total. The van der Waals surface area contributed by atoms with Crippen LogP contribution in [0.25, 0.3) is 0 Å². The molecule has 0 heterocycles. The van der Waals surface area contributed by atoms with Crippen LogP contribution in [0.15, 0.2) is 0 Å². The molecule has 220 valence electrons. The van der Waals surface area contributed by atoms with Crippen molar-refractivity contribution in [1.29, 1.82) is 0 Å². The zero-order valence-electron chi connectivity index (χ0n) is 24.7. The van der Waals surface area contributed by atoms with Crippen molar-refractivity contribution in [2.45, 2.75) is 179 Å². The predicted molar refractivity (Wildman–Crippen MR) is 157 cm³/mol. The Kier molecular flexibility index (Phi) is 33.5. The maximum atomic E-state index is 11.2. The third-order valence-corrected chi connectivity index (χ3v) is 9.41. The van der Waals surface area contributed by atoms with E-state index in [0.29, 0.717) is 25.7 Å². The first-order chi connectivity index (χ1) is 17.0. The largest absolute Gasteiger partial charge is 2.00 e. The van der Waals surface area contributed by atoms with Gasteiger partial charge in [-0.05, 0) is 25.7 Å². The van der Waals surface area contributed by atoms with E-state index in [0.717, 1.165) is 89.9 Å². The molecule has 2 unspecified atom stereocenters. The van der Waals surface area contributed by atoms with Crippen molar-refractivity contribution in [3.63, 3.8) is 0 Å². The molecule has 0 aliphatic heterocycles. The van der Waals surface area contributed by atoms with E-state index in [9.17, 15) is 25.9 Å². The van der Waals surface area contributed by atoms with Gasteiger partial charge in [-0.1, -0.05) is 143 Å². The first-order valence-electron chi connectivity index (χ1n) is 14.9. The molecule has 0 spiro atoms. The maximum absolute atomic E-state index is 11.2. The number of rotatable bonds is 24. The summed E-state index contributed by atoms with van der Waals surface area (Å²) in [6.07, 6.45) is 21.5. The Labute approximate surface area is 271 Å². The van der Waals surface area contributed by atoms with Gasteiger partial charge in [-0.3, -0.25) is 0 Å². The summed E-state index contributed by atoms with van der Waals surface area (Å²) >= 11 is 0. The van der Waals surface area contributed by atoms with Crippen LogP contribution in [0, 0.1) is 0 Å². The molecule has 0 aromatic carbocycles. The first kappa shape index (κ1) is 42.9. The van der Waals surface area contributed by atoms with Gasteiger partial charge in [-0.25, -0.2) is 16.8 Å². The molecule has 0 saturated heterocycles. The van der Waals surface area contributed by atoms with Crippen molar-refractivity contribution >= 4 is 69.1 Å². The molecule has 0 fully saturated rings. The predicted octanol–water partition coefficient (Wildman–Crippen LogP) is 8.08. The van der Waals surface area contributed by atoms with E-state index in [1.807, 2.05) is 0 Å². The van der Waals surface area contributed by atoms with Gasteiger partial charge < -0.3 is 9.11 Å². The second-order valence-corrected chi connectivity index (χ2v) is 13.6. The van der Waals surface area contributed by atoms with Crippen molar-refractivity contribution < 1.29 is 25.9 Å². The average Bonchev–Trinajstić information content (AvgIpc) is 2.80. The molecule has 0 saturated carbocycles. The summed E-state index contributed by atoms with van der Waals surface area (Å²) in [6.45, 7) is 8.54. The quantitative estimate of drug-likeness (QED) is 0.0574. The molecule has 0 aliphatic rings. The number of hydrogen-bond acceptors (Lipinski definition) is 6. The maximum Gasteiger partial charge on any atom is 2.00 e. The molecule has 0 radical (unpaired) electrons. The summed E-state index contributed by atoms with van der Waals surface area (Å²) in [5.74, 6) is 0. The molecule has 0 bridgehead atoms. The van der Waals surface area contributed by atoms with Crippen molar-refractivity contribution in [2.75, 3.05) is 0 Å². The SMILES string of the molecule is CCCCCCCC(CCCCCC)S(=O)(=O)[O-].CCCCCCCC(CCCCCC)S(=O)(=O)[O-].[Ba+2]. The van der Waals surface area contributed by atoms with Gasteiger partial charge in [0.1, 0.15) is 0 Å². The fourth-order valence-electron chi connectivity index (χ4n) is 4.41. The summed E-state index contributed by atoms with van der Waals surface area (Å²) in [7, 11) is -8.19. The minimum Gasteiger partial charge on any atom is -0.748 e. The standard InChI is InChI=1S/2C14H30O3S.Ba/c2*1-3-5-7-9-11-13-14(18(15,16)17)12-10-8-6-4-2;/h2*14H,3-13H2,1-2H3,(H,15,16,17);/q;;+2/p-2. The molecule has 9 heteroatoms. The summed E-state index contributed by atoms with van der Waals surface area (Å²) in [6, 6.07) is 0. The Morgan fingerprint density at radius 1 is 0.405 bits per heavy atom. The molecule has 0 aromatic rings. The third kappa shape index (κ3) is 30.2. The number of hydrogen-bond donors (Lipinski definition) is 0. The van der Waals surface area contributed by atoms with Gasteiger partial charge in [-0.15, -0.1) is 0 Å². The van der Waals surface area contributed by atoms with Crippen molar-refractivity contribution in [1.82, 2.24) is 0 Å². The summed E-state index contributed by atoms with van der Waals surface area (Å²) in [5, 5.41) is -1.29. The zero-order chi connectivity index (χ0) is 27.7. The van der Waals surface area contributed by atoms with Crippen LogP contribution in [-0.4, -0.2) is 85.3 Å². The van der Waals surface area contributed by atoms with Crippen LogP contribution in [0.2, 0.25) is 0 Å². The Balaban J connectivity index is -0.000000608. The van der Waals surface area contributed by atoms with Crippen LogP contribution >= 0.6 is 0 Å². The van der Waals surface area contributed by atoms with E-state index in [4.69, 9.17) is 0 Å². The van der Waals surface area contributed by atoms with Crippen LogP contribution in [0.3, 0.4) is 0 Å².